The third-order valence-corrected chi connectivity index (χ3v) is 2.25. The Labute approximate surface area is 101 Å². The molecule has 5 heteroatoms. The van der Waals surface area contributed by atoms with Crippen LogP contribution in [0.5, 0.6) is 0 Å². The standard InChI is InChI=1S/C12H18O5/c1-8(7-14-3)16-9(2)10-5-6-11(17-10)12(13)15-4/h5-6,8-9H,7H2,1-4H3. The Hall–Kier alpha value is -1.33. The lowest BCUT2D eigenvalue weighted by molar-refractivity contribution is -0.0404. The van der Waals surface area contributed by atoms with Crippen LogP contribution in [-0.4, -0.2) is 32.9 Å². The van der Waals surface area contributed by atoms with Crippen molar-refractivity contribution < 1.29 is 23.4 Å². The molecule has 2 unspecified atom stereocenters. The molecule has 96 valence electrons. The molecule has 0 aliphatic carbocycles. The number of hydrogen-bond donors (Lipinski definition) is 0. The van der Waals surface area contributed by atoms with E-state index in [1.165, 1.54) is 7.11 Å². The van der Waals surface area contributed by atoms with Gasteiger partial charge in [-0.25, -0.2) is 4.79 Å². The largest absolute Gasteiger partial charge is 0.463 e. The van der Waals surface area contributed by atoms with Gasteiger partial charge in [-0.05, 0) is 26.0 Å². The van der Waals surface area contributed by atoms with E-state index in [0.29, 0.717) is 12.4 Å². The van der Waals surface area contributed by atoms with E-state index in [-0.39, 0.29) is 18.0 Å². The molecular weight excluding hydrogens is 224 g/mol. The van der Waals surface area contributed by atoms with Gasteiger partial charge in [0.25, 0.3) is 0 Å². The summed E-state index contributed by atoms with van der Waals surface area (Å²) in [6.07, 6.45) is -0.278. The molecule has 0 spiro atoms. The summed E-state index contributed by atoms with van der Waals surface area (Å²) in [5.74, 6) is 0.277. The summed E-state index contributed by atoms with van der Waals surface area (Å²) in [7, 11) is 2.93. The van der Waals surface area contributed by atoms with Crippen molar-refractivity contribution in [2.75, 3.05) is 20.8 Å². The average molecular weight is 242 g/mol. The van der Waals surface area contributed by atoms with Crippen molar-refractivity contribution in [2.24, 2.45) is 0 Å². The fourth-order valence-electron chi connectivity index (χ4n) is 1.47. The summed E-state index contributed by atoms with van der Waals surface area (Å²) in [6, 6.07) is 3.28. The normalized spacial score (nSPS) is 14.4. The fraction of sp³-hybridized carbons (Fsp3) is 0.583. The molecule has 1 rings (SSSR count). The van der Waals surface area contributed by atoms with Gasteiger partial charge in [-0.2, -0.15) is 0 Å². The van der Waals surface area contributed by atoms with Crippen LogP contribution >= 0.6 is 0 Å². The lowest BCUT2D eigenvalue weighted by Gasteiger charge is -2.16. The van der Waals surface area contributed by atoms with Crippen LogP contribution in [0.4, 0.5) is 0 Å². The molecule has 0 saturated heterocycles. The zero-order valence-electron chi connectivity index (χ0n) is 10.6. The number of ether oxygens (including phenoxy) is 3. The Morgan fingerprint density at radius 1 is 1.35 bits per heavy atom. The van der Waals surface area contributed by atoms with Crippen LogP contribution in [0.3, 0.4) is 0 Å². The summed E-state index contributed by atoms with van der Waals surface area (Å²) >= 11 is 0. The highest BCUT2D eigenvalue weighted by atomic mass is 16.5. The minimum absolute atomic E-state index is 0.0401. The first-order valence-corrected chi connectivity index (χ1v) is 5.41. The van der Waals surface area contributed by atoms with Crippen LogP contribution < -0.4 is 0 Å². The van der Waals surface area contributed by atoms with Crippen LogP contribution in [0.2, 0.25) is 0 Å². The molecule has 0 aromatic carbocycles. The van der Waals surface area contributed by atoms with Gasteiger partial charge >= 0.3 is 5.97 Å². The second kappa shape index (κ2) is 6.42. The van der Waals surface area contributed by atoms with E-state index < -0.39 is 5.97 Å². The summed E-state index contributed by atoms with van der Waals surface area (Å²) in [4.78, 5) is 11.2. The number of carbonyl (C=O) groups is 1. The van der Waals surface area contributed by atoms with E-state index in [1.807, 2.05) is 13.8 Å². The number of esters is 1. The number of hydrogen-bond acceptors (Lipinski definition) is 5. The molecule has 2 atom stereocenters. The van der Waals surface area contributed by atoms with Crippen LogP contribution in [0.25, 0.3) is 0 Å². The Kier molecular flexibility index (Phi) is 5.18. The van der Waals surface area contributed by atoms with Crippen molar-refractivity contribution in [3.8, 4) is 0 Å². The van der Waals surface area contributed by atoms with E-state index in [0.717, 1.165) is 0 Å². The van der Waals surface area contributed by atoms with Gasteiger partial charge in [0.2, 0.25) is 5.76 Å². The zero-order chi connectivity index (χ0) is 12.8. The van der Waals surface area contributed by atoms with E-state index in [2.05, 4.69) is 4.74 Å². The number of rotatable bonds is 6. The zero-order valence-corrected chi connectivity index (χ0v) is 10.6. The van der Waals surface area contributed by atoms with Gasteiger partial charge in [-0.15, -0.1) is 0 Å². The van der Waals surface area contributed by atoms with Crippen molar-refractivity contribution in [3.05, 3.63) is 23.7 Å². The number of furan rings is 1. The highest BCUT2D eigenvalue weighted by Gasteiger charge is 2.17. The molecule has 1 heterocycles. The molecule has 0 amide bonds. The van der Waals surface area contributed by atoms with E-state index in [9.17, 15) is 4.79 Å². The highest BCUT2D eigenvalue weighted by molar-refractivity contribution is 5.86. The van der Waals surface area contributed by atoms with Gasteiger partial charge < -0.3 is 18.6 Å². The molecular formula is C12H18O5. The molecule has 0 radical (unpaired) electrons. The lowest BCUT2D eigenvalue weighted by Crippen LogP contribution is -2.16. The van der Waals surface area contributed by atoms with Crippen LogP contribution in [0, 0.1) is 0 Å². The maximum atomic E-state index is 11.2. The van der Waals surface area contributed by atoms with Crippen LogP contribution in [0.1, 0.15) is 36.3 Å². The minimum Gasteiger partial charge on any atom is -0.463 e. The Morgan fingerprint density at radius 3 is 2.65 bits per heavy atom. The van der Waals surface area contributed by atoms with Gasteiger partial charge in [-0.3, -0.25) is 0 Å². The second-order valence-electron chi connectivity index (χ2n) is 3.74. The van der Waals surface area contributed by atoms with E-state index in [1.54, 1.807) is 19.2 Å². The van der Waals surface area contributed by atoms with Gasteiger partial charge in [0.1, 0.15) is 11.9 Å². The van der Waals surface area contributed by atoms with Gasteiger partial charge in [-0.1, -0.05) is 0 Å². The van der Waals surface area contributed by atoms with Crippen molar-refractivity contribution in [3.63, 3.8) is 0 Å². The van der Waals surface area contributed by atoms with Gasteiger partial charge in [0, 0.05) is 7.11 Å². The van der Waals surface area contributed by atoms with Crippen LogP contribution in [0.15, 0.2) is 16.5 Å². The predicted octanol–water partition coefficient (Wildman–Crippen LogP) is 2.18. The quantitative estimate of drug-likeness (QED) is 0.715. The monoisotopic (exact) mass is 242 g/mol. The first kappa shape index (κ1) is 13.7. The Morgan fingerprint density at radius 2 is 2.06 bits per heavy atom. The van der Waals surface area contributed by atoms with Crippen molar-refractivity contribution in [1.29, 1.82) is 0 Å². The Balaban J connectivity index is 2.60. The Bertz CT molecular complexity index is 358. The number of methoxy groups -OCH3 is 2. The lowest BCUT2D eigenvalue weighted by atomic mass is 10.3. The van der Waals surface area contributed by atoms with E-state index in [4.69, 9.17) is 13.9 Å². The maximum absolute atomic E-state index is 11.2. The van der Waals surface area contributed by atoms with Crippen molar-refractivity contribution in [2.45, 2.75) is 26.1 Å². The van der Waals surface area contributed by atoms with Gasteiger partial charge in [0.05, 0.1) is 19.8 Å². The molecule has 0 N–H and O–H groups in total. The molecule has 0 aliphatic rings. The number of carbonyl (C=O) groups excluding carboxylic acids is 1. The van der Waals surface area contributed by atoms with Crippen molar-refractivity contribution >= 4 is 5.97 Å². The summed E-state index contributed by atoms with van der Waals surface area (Å²) in [5, 5.41) is 0. The van der Waals surface area contributed by atoms with E-state index >= 15 is 0 Å². The van der Waals surface area contributed by atoms with Gasteiger partial charge in [0.15, 0.2) is 0 Å². The van der Waals surface area contributed by atoms with Crippen LogP contribution in [-0.2, 0) is 14.2 Å². The molecule has 0 aliphatic heterocycles. The third-order valence-electron chi connectivity index (χ3n) is 2.25. The molecule has 0 saturated carbocycles. The molecule has 17 heavy (non-hydrogen) atoms. The summed E-state index contributed by atoms with van der Waals surface area (Å²) < 4.78 is 20.5. The highest BCUT2D eigenvalue weighted by Crippen LogP contribution is 2.21. The molecule has 0 bridgehead atoms. The topological polar surface area (TPSA) is 57.9 Å². The molecule has 1 aromatic rings. The fourth-order valence-corrected chi connectivity index (χ4v) is 1.47. The second-order valence-corrected chi connectivity index (χ2v) is 3.74. The predicted molar refractivity (Wildman–Crippen MR) is 60.9 cm³/mol. The first-order valence-electron chi connectivity index (χ1n) is 5.41. The molecule has 1 aromatic heterocycles. The van der Waals surface area contributed by atoms with Crippen molar-refractivity contribution in [1.82, 2.24) is 0 Å². The first-order chi connectivity index (χ1) is 8.08. The minimum atomic E-state index is -0.492. The molecule has 5 nitrogen and oxygen atoms in total. The maximum Gasteiger partial charge on any atom is 0.373 e. The third kappa shape index (κ3) is 3.87. The molecule has 0 fully saturated rings. The summed E-state index contributed by atoms with van der Waals surface area (Å²) in [5.41, 5.74) is 0. The average Bonchev–Trinajstić information content (AvgIpc) is 2.77. The smallest absolute Gasteiger partial charge is 0.373 e. The summed E-state index contributed by atoms with van der Waals surface area (Å²) in [6.45, 7) is 4.27. The SMILES string of the molecule is COCC(C)OC(C)c1ccc(C(=O)OC)o1.